The number of carbonyl (C=O) groups excluding carboxylic acids is 1. The number of benzene rings is 2. The van der Waals surface area contributed by atoms with Gasteiger partial charge in [0, 0.05) is 11.9 Å². The molecule has 0 bridgehead atoms. The van der Waals surface area contributed by atoms with Gasteiger partial charge in [-0.15, -0.1) is 11.3 Å². The van der Waals surface area contributed by atoms with Crippen molar-refractivity contribution in [1.29, 1.82) is 0 Å². The molecule has 2 aromatic heterocycles. The van der Waals surface area contributed by atoms with Gasteiger partial charge in [-0.2, -0.15) is 0 Å². The van der Waals surface area contributed by atoms with Gasteiger partial charge in [-0.1, -0.05) is 42.5 Å². The lowest BCUT2D eigenvalue weighted by Crippen LogP contribution is -2.26. The van der Waals surface area contributed by atoms with Crippen LogP contribution in [-0.2, 0) is 6.42 Å². The van der Waals surface area contributed by atoms with Gasteiger partial charge in [0.1, 0.15) is 5.75 Å². The number of nitrogens with zero attached hydrogens (tertiary/aromatic N) is 1. The summed E-state index contributed by atoms with van der Waals surface area (Å²) < 4.78 is 5.38. The van der Waals surface area contributed by atoms with Crippen LogP contribution in [0.2, 0.25) is 0 Å². The van der Waals surface area contributed by atoms with Crippen LogP contribution in [0.3, 0.4) is 0 Å². The molecule has 4 rings (SSSR count). The molecule has 2 aromatic carbocycles. The standard InChI is InChI=1S/C23H20N2O2S/c1-27-21-10-5-2-7-16(21)12-13-24-23(26)18-15-20(22-11-6-14-28-22)25-19-9-4-3-8-17(18)19/h2-11,14-15H,12-13H2,1H3,(H,24,26). The van der Waals surface area contributed by atoms with Gasteiger partial charge in [-0.3, -0.25) is 4.79 Å². The maximum atomic E-state index is 13.0. The average Bonchev–Trinajstić information content (AvgIpc) is 3.28. The van der Waals surface area contributed by atoms with Gasteiger partial charge in [-0.25, -0.2) is 4.98 Å². The van der Waals surface area contributed by atoms with Crippen molar-refractivity contribution in [2.45, 2.75) is 6.42 Å². The Morgan fingerprint density at radius 1 is 1.07 bits per heavy atom. The van der Waals surface area contributed by atoms with Crippen molar-refractivity contribution in [2.24, 2.45) is 0 Å². The molecule has 0 saturated carbocycles. The number of nitrogens with one attached hydrogen (secondary N) is 1. The minimum atomic E-state index is -0.0914. The summed E-state index contributed by atoms with van der Waals surface area (Å²) in [5.41, 5.74) is 3.37. The molecule has 0 spiro atoms. The van der Waals surface area contributed by atoms with Crippen molar-refractivity contribution in [2.75, 3.05) is 13.7 Å². The van der Waals surface area contributed by atoms with Crippen LogP contribution in [-0.4, -0.2) is 24.5 Å². The summed E-state index contributed by atoms with van der Waals surface area (Å²) in [6.45, 7) is 0.532. The molecule has 5 heteroatoms. The van der Waals surface area contributed by atoms with Crippen LogP contribution in [0.4, 0.5) is 0 Å². The predicted molar refractivity (Wildman–Crippen MR) is 114 cm³/mol. The minimum absolute atomic E-state index is 0.0914. The number of methoxy groups -OCH3 is 1. The maximum Gasteiger partial charge on any atom is 0.252 e. The molecular formula is C23H20N2O2S. The molecule has 0 aliphatic carbocycles. The van der Waals surface area contributed by atoms with Crippen LogP contribution in [0.25, 0.3) is 21.5 Å². The fourth-order valence-corrected chi connectivity index (χ4v) is 3.92. The number of pyridine rings is 1. The Kier molecular flexibility index (Phi) is 5.35. The first-order valence-electron chi connectivity index (χ1n) is 9.10. The molecule has 0 aliphatic rings. The zero-order valence-corrected chi connectivity index (χ0v) is 16.3. The van der Waals surface area contributed by atoms with E-state index in [1.165, 1.54) is 0 Å². The van der Waals surface area contributed by atoms with E-state index in [4.69, 9.17) is 9.72 Å². The molecule has 0 saturated heterocycles. The summed E-state index contributed by atoms with van der Waals surface area (Å²) in [5.74, 6) is 0.748. The number of hydrogen-bond acceptors (Lipinski definition) is 4. The van der Waals surface area contributed by atoms with E-state index in [0.717, 1.165) is 32.8 Å². The number of aromatic nitrogens is 1. The lowest BCUT2D eigenvalue weighted by Gasteiger charge is -2.11. The fourth-order valence-electron chi connectivity index (χ4n) is 3.23. The first kappa shape index (κ1) is 18.2. The summed E-state index contributed by atoms with van der Waals surface area (Å²) in [4.78, 5) is 18.7. The SMILES string of the molecule is COc1ccccc1CCNC(=O)c1cc(-c2cccs2)nc2ccccc12. The van der Waals surface area contributed by atoms with Crippen molar-refractivity contribution >= 4 is 28.1 Å². The van der Waals surface area contributed by atoms with Crippen LogP contribution in [0.15, 0.2) is 72.1 Å². The molecule has 4 aromatic rings. The van der Waals surface area contributed by atoms with E-state index in [0.29, 0.717) is 18.5 Å². The second-order valence-electron chi connectivity index (χ2n) is 6.37. The quantitative estimate of drug-likeness (QED) is 0.509. The van der Waals surface area contributed by atoms with Crippen molar-refractivity contribution in [1.82, 2.24) is 10.3 Å². The van der Waals surface area contributed by atoms with E-state index < -0.39 is 0 Å². The van der Waals surface area contributed by atoms with Gasteiger partial charge in [0.2, 0.25) is 0 Å². The normalized spacial score (nSPS) is 10.8. The first-order chi connectivity index (χ1) is 13.8. The average molecular weight is 388 g/mol. The Hall–Kier alpha value is -3.18. The molecule has 1 amide bonds. The van der Waals surface area contributed by atoms with Gasteiger partial charge in [0.05, 0.1) is 28.8 Å². The lowest BCUT2D eigenvalue weighted by atomic mass is 10.1. The maximum absolute atomic E-state index is 13.0. The highest BCUT2D eigenvalue weighted by Crippen LogP contribution is 2.28. The van der Waals surface area contributed by atoms with Crippen LogP contribution in [0, 0.1) is 0 Å². The molecule has 1 N–H and O–H groups in total. The van der Waals surface area contributed by atoms with E-state index in [-0.39, 0.29) is 5.91 Å². The molecule has 2 heterocycles. The molecule has 0 atom stereocenters. The number of fused-ring (bicyclic) bond motifs is 1. The number of ether oxygens (including phenoxy) is 1. The Morgan fingerprint density at radius 2 is 1.89 bits per heavy atom. The number of hydrogen-bond donors (Lipinski definition) is 1. The zero-order chi connectivity index (χ0) is 19.3. The summed E-state index contributed by atoms with van der Waals surface area (Å²) >= 11 is 1.62. The minimum Gasteiger partial charge on any atom is -0.496 e. The Morgan fingerprint density at radius 3 is 2.71 bits per heavy atom. The molecule has 4 nitrogen and oxygen atoms in total. The number of carbonyl (C=O) groups is 1. The Bertz CT molecular complexity index is 1110. The summed E-state index contributed by atoms with van der Waals surface area (Å²) in [5, 5.41) is 5.92. The van der Waals surface area contributed by atoms with Crippen molar-refractivity contribution in [3.05, 3.63) is 83.2 Å². The van der Waals surface area contributed by atoms with Crippen LogP contribution < -0.4 is 10.1 Å². The smallest absolute Gasteiger partial charge is 0.252 e. The highest BCUT2D eigenvalue weighted by molar-refractivity contribution is 7.13. The lowest BCUT2D eigenvalue weighted by molar-refractivity contribution is 0.0955. The highest BCUT2D eigenvalue weighted by atomic mass is 32.1. The zero-order valence-electron chi connectivity index (χ0n) is 15.5. The van der Waals surface area contributed by atoms with Gasteiger partial charge in [0.15, 0.2) is 0 Å². The molecule has 28 heavy (non-hydrogen) atoms. The highest BCUT2D eigenvalue weighted by Gasteiger charge is 2.14. The first-order valence-corrected chi connectivity index (χ1v) is 9.98. The number of amides is 1. The number of rotatable bonds is 6. The Balaban J connectivity index is 1.58. The van der Waals surface area contributed by atoms with E-state index in [1.54, 1.807) is 18.4 Å². The second kappa shape index (κ2) is 8.23. The van der Waals surface area contributed by atoms with E-state index in [2.05, 4.69) is 5.32 Å². The fraction of sp³-hybridized carbons (Fsp3) is 0.130. The van der Waals surface area contributed by atoms with Crippen LogP contribution in [0.1, 0.15) is 15.9 Å². The summed E-state index contributed by atoms with van der Waals surface area (Å²) in [6, 6.07) is 21.5. The monoisotopic (exact) mass is 388 g/mol. The van der Waals surface area contributed by atoms with Gasteiger partial charge in [0.25, 0.3) is 5.91 Å². The summed E-state index contributed by atoms with van der Waals surface area (Å²) in [7, 11) is 1.66. The molecule has 0 unspecified atom stereocenters. The topological polar surface area (TPSA) is 51.2 Å². The van der Waals surface area contributed by atoms with Gasteiger partial charge >= 0.3 is 0 Å². The second-order valence-corrected chi connectivity index (χ2v) is 7.31. The van der Waals surface area contributed by atoms with E-state index in [9.17, 15) is 4.79 Å². The number of para-hydroxylation sites is 2. The summed E-state index contributed by atoms with van der Waals surface area (Å²) in [6.07, 6.45) is 0.705. The van der Waals surface area contributed by atoms with Gasteiger partial charge in [-0.05, 0) is 41.6 Å². The van der Waals surface area contributed by atoms with Crippen molar-refractivity contribution in [3.63, 3.8) is 0 Å². The van der Waals surface area contributed by atoms with Crippen LogP contribution in [0.5, 0.6) is 5.75 Å². The van der Waals surface area contributed by atoms with Crippen LogP contribution >= 0.6 is 11.3 Å². The third-order valence-electron chi connectivity index (χ3n) is 4.61. The van der Waals surface area contributed by atoms with E-state index in [1.807, 2.05) is 72.1 Å². The molecule has 0 aliphatic heterocycles. The van der Waals surface area contributed by atoms with Crippen molar-refractivity contribution < 1.29 is 9.53 Å². The molecular weight excluding hydrogens is 368 g/mol. The Labute approximate surface area is 167 Å². The third kappa shape index (κ3) is 3.75. The molecule has 0 radical (unpaired) electrons. The van der Waals surface area contributed by atoms with Crippen molar-refractivity contribution in [3.8, 4) is 16.3 Å². The molecule has 140 valence electrons. The largest absolute Gasteiger partial charge is 0.496 e. The molecule has 0 fully saturated rings. The van der Waals surface area contributed by atoms with E-state index >= 15 is 0 Å². The predicted octanol–water partition coefficient (Wildman–Crippen LogP) is 4.94. The third-order valence-corrected chi connectivity index (χ3v) is 5.50. The van der Waals surface area contributed by atoms with Gasteiger partial charge < -0.3 is 10.1 Å². The number of thiophene rings is 1.